The maximum absolute atomic E-state index is 12.9. The van der Waals surface area contributed by atoms with E-state index in [1.54, 1.807) is 7.11 Å². The van der Waals surface area contributed by atoms with E-state index in [2.05, 4.69) is 10.2 Å². The van der Waals surface area contributed by atoms with E-state index in [0.717, 1.165) is 37.0 Å². The highest BCUT2D eigenvalue weighted by atomic mass is 16.5. The number of benzene rings is 1. The Labute approximate surface area is 140 Å². The maximum Gasteiger partial charge on any atom is 0.274 e. The molecule has 2 heterocycles. The molecule has 24 heavy (non-hydrogen) atoms. The second-order valence-electron chi connectivity index (χ2n) is 5.94. The summed E-state index contributed by atoms with van der Waals surface area (Å²) in [4.78, 5) is 25.9. The molecule has 0 aliphatic carbocycles. The zero-order chi connectivity index (χ0) is 16.9. The van der Waals surface area contributed by atoms with Crippen LogP contribution in [0, 0.1) is 0 Å². The first-order chi connectivity index (χ1) is 11.7. The van der Waals surface area contributed by atoms with Gasteiger partial charge in [-0.05, 0) is 36.6 Å². The predicted octanol–water partition coefficient (Wildman–Crippen LogP) is 2.54. The van der Waals surface area contributed by atoms with Crippen molar-refractivity contribution in [1.29, 1.82) is 0 Å². The number of rotatable bonds is 3. The van der Waals surface area contributed by atoms with Crippen LogP contribution in [-0.2, 0) is 0 Å². The molecule has 2 aromatic rings. The van der Waals surface area contributed by atoms with Crippen LogP contribution in [0.5, 0.6) is 5.75 Å². The average molecular weight is 327 g/mol. The molecule has 3 rings (SSSR count). The van der Waals surface area contributed by atoms with Crippen molar-refractivity contribution in [2.75, 3.05) is 13.7 Å². The van der Waals surface area contributed by atoms with Crippen LogP contribution in [0.1, 0.15) is 47.8 Å². The number of carbonyl (C=O) groups excluding carboxylic acids is 1. The molecular formula is C18H21N3O3. The maximum atomic E-state index is 12.9. The van der Waals surface area contributed by atoms with Crippen molar-refractivity contribution in [2.24, 2.45) is 0 Å². The fourth-order valence-corrected chi connectivity index (χ4v) is 3.13. The van der Waals surface area contributed by atoms with Gasteiger partial charge >= 0.3 is 0 Å². The van der Waals surface area contributed by atoms with Gasteiger partial charge in [0.25, 0.3) is 11.5 Å². The minimum absolute atomic E-state index is 0.0136. The lowest BCUT2D eigenvalue weighted by molar-refractivity contribution is 0.0673. The summed E-state index contributed by atoms with van der Waals surface area (Å²) in [6, 6.07) is 10.7. The number of ether oxygens (including phenoxy) is 1. The third-order valence-corrected chi connectivity index (χ3v) is 4.41. The number of methoxy groups -OCH3 is 1. The van der Waals surface area contributed by atoms with E-state index in [-0.39, 0.29) is 23.2 Å². The Hall–Kier alpha value is -2.63. The van der Waals surface area contributed by atoms with Crippen LogP contribution in [-0.4, -0.2) is 34.7 Å². The molecule has 126 valence electrons. The number of nitrogens with one attached hydrogen (secondary N) is 1. The predicted molar refractivity (Wildman–Crippen MR) is 90.1 cm³/mol. The van der Waals surface area contributed by atoms with Crippen LogP contribution < -0.4 is 10.3 Å². The molecular weight excluding hydrogens is 306 g/mol. The number of nitrogens with zero attached hydrogens (tertiary/aromatic N) is 2. The number of H-pyrrole nitrogens is 1. The van der Waals surface area contributed by atoms with E-state index >= 15 is 0 Å². The molecule has 1 aliphatic rings. The molecule has 1 amide bonds. The quantitative estimate of drug-likeness (QED) is 0.940. The first-order valence-electron chi connectivity index (χ1n) is 8.19. The summed E-state index contributed by atoms with van der Waals surface area (Å²) in [5.41, 5.74) is 1.06. The number of hydrogen-bond donors (Lipinski definition) is 1. The Bertz CT molecular complexity index is 734. The Morgan fingerprint density at radius 2 is 1.96 bits per heavy atom. The highest BCUT2D eigenvalue weighted by Crippen LogP contribution is 2.32. The molecule has 1 N–H and O–H groups in total. The number of amides is 1. The zero-order valence-corrected chi connectivity index (χ0v) is 13.7. The van der Waals surface area contributed by atoms with Gasteiger partial charge in [0.05, 0.1) is 13.2 Å². The van der Waals surface area contributed by atoms with Gasteiger partial charge in [-0.3, -0.25) is 9.59 Å². The van der Waals surface area contributed by atoms with Gasteiger partial charge in [0.1, 0.15) is 11.4 Å². The second-order valence-corrected chi connectivity index (χ2v) is 5.94. The first-order valence-corrected chi connectivity index (χ1v) is 8.19. The van der Waals surface area contributed by atoms with Crippen molar-refractivity contribution in [3.05, 3.63) is 58.0 Å². The fraction of sp³-hybridized carbons (Fsp3) is 0.389. The lowest BCUT2D eigenvalue weighted by Gasteiger charge is -2.30. The second kappa shape index (κ2) is 7.29. The van der Waals surface area contributed by atoms with E-state index in [9.17, 15) is 9.59 Å². The van der Waals surface area contributed by atoms with Gasteiger partial charge in [-0.15, -0.1) is 0 Å². The topological polar surface area (TPSA) is 75.3 Å². The van der Waals surface area contributed by atoms with E-state index in [0.29, 0.717) is 6.54 Å². The number of aromatic amines is 1. The number of likely N-dealkylation sites (tertiary alicyclic amines) is 1. The van der Waals surface area contributed by atoms with Crippen LogP contribution >= 0.6 is 0 Å². The van der Waals surface area contributed by atoms with E-state index < -0.39 is 0 Å². The van der Waals surface area contributed by atoms with Crippen molar-refractivity contribution in [3.63, 3.8) is 0 Å². The summed E-state index contributed by atoms with van der Waals surface area (Å²) in [6.45, 7) is 0.691. The Morgan fingerprint density at radius 3 is 2.62 bits per heavy atom. The molecule has 0 saturated carbocycles. The van der Waals surface area contributed by atoms with Crippen LogP contribution in [0.3, 0.4) is 0 Å². The minimum atomic E-state index is -0.311. The monoisotopic (exact) mass is 327 g/mol. The standard InChI is InChI=1S/C18H21N3O3/c1-24-14-8-6-13(7-9-14)16-5-3-2-4-12-21(16)18(23)15-10-11-17(22)20-19-15/h6-11,16H,2-5,12H2,1H3,(H,20,22)/t16-/m1/s1. The normalized spacial score (nSPS) is 18.0. The van der Waals surface area contributed by atoms with Gasteiger partial charge in [0, 0.05) is 12.6 Å². The van der Waals surface area contributed by atoms with Crippen molar-refractivity contribution in [3.8, 4) is 5.75 Å². The highest BCUT2D eigenvalue weighted by molar-refractivity contribution is 5.92. The van der Waals surface area contributed by atoms with Gasteiger partial charge in [-0.2, -0.15) is 5.10 Å². The molecule has 1 atom stereocenters. The van der Waals surface area contributed by atoms with E-state index in [4.69, 9.17) is 4.74 Å². The summed E-state index contributed by atoms with van der Waals surface area (Å²) in [6.07, 6.45) is 4.08. The van der Waals surface area contributed by atoms with Gasteiger partial charge in [0.15, 0.2) is 0 Å². The molecule has 0 unspecified atom stereocenters. The smallest absolute Gasteiger partial charge is 0.274 e. The van der Waals surface area contributed by atoms with Crippen molar-refractivity contribution < 1.29 is 9.53 Å². The first kappa shape index (κ1) is 16.2. The van der Waals surface area contributed by atoms with Crippen molar-refractivity contribution in [1.82, 2.24) is 15.1 Å². The number of aromatic nitrogens is 2. The number of hydrogen-bond acceptors (Lipinski definition) is 4. The number of carbonyl (C=O) groups is 1. The molecule has 1 fully saturated rings. The van der Waals surface area contributed by atoms with Crippen molar-refractivity contribution in [2.45, 2.75) is 31.7 Å². The molecule has 6 nitrogen and oxygen atoms in total. The van der Waals surface area contributed by atoms with Crippen LogP contribution in [0.2, 0.25) is 0 Å². The van der Waals surface area contributed by atoms with Gasteiger partial charge in [0.2, 0.25) is 0 Å². The molecule has 1 saturated heterocycles. The van der Waals surface area contributed by atoms with Crippen LogP contribution in [0.15, 0.2) is 41.2 Å². The Kier molecular flexibility index (Phi) is 4.93. The Morgan fingerprint density at radius 1 is 1.17 bits per heavy atom. The van der Waals surface area contributed by atoms with Gasteiger partial charge in [-0.25, -0.2) is 5.10 Å². The van der Waals surface area contributed by atoms with Crippen LogP contribution in [0.25, 0.3) is 0 Å². The average Bonchev–Trinajstić information content (AvgIpc) is 2.88. The molecule has 0 bridgehead atoms. The summed E-state index contributed by atoms with van der Waals surface area (Å²) >= 11 is 0. The summed E-state index contributed by atoms with van der Waals surface area (Å²) < 4.78 is 5.21. The lowest BCUT2D eigenvalue weighted by Crippen LogP contribution is -2.35. The molecule has 6 heteroatoms. The largest absolute Gasteiger partial charge is 0.497 e. The SMILES string of the molecule is COc1ccc([C@H]2CCCCCN2C(=O)c2ccc(=O)[nH]n2)cc1. The summed E-state index contributed by atoms with van der Waals surface area (Å²) in [5, 5.41) is 6.23. The fourth-order valence-electron chi connectivity index (χ4n) is 3.13. The van der Waals surface area contributed by atoms with E-state index in [1.165, 1.54) is 12.1 Å². The molecule has 1 aliphatic heterocycles. The summed E-state index contributed by atoms with van der Waals surface area (Å²) in [5.74, 6) is 0.654. The lowest BCUT2D eigenvalue weighted by atomic mass is 10.0. The third-order valence-electron chi connectivity index (χ3n) is 4.41. The minimum Gasteiger partial charge on any atom is -0.497 e. The summed E-state index contributed by atoms with van der Waals surface area (Å²) in [7, 11) is 1.64. The van der Waals surface area contributed by atoms with Crippen molar-refractivity contribution >= 4 is 5.91 Å². The van der Waals surface area contributed by atoms with E-state index in [1.807, 2.05) is 29.2 Å². The third kappa shape index (κ3) is 3.48. The Balaban J connectivity index is 1.90. The van der Waals surface area contributed by atoms with Gasteiger partial charge < -0.3 is 9.64 Å². The molecule has 0 radical (unpaired) electrons. The highest BCUT2D eigenvalue weighted by Gasteiger charge is 2.28. The van der Waals surface area contributed by atoms with Gasteiger partial charge in [-0.1, -0.05) is 25.0 Å². The zero-order valence-electron chi connectivity index (χ0n) is 13.7. The van der Waals surface area contributed by atoms with Crippen LogP contribution in [0.4, 0.5) is 0 Å². The molecule has 1 aromatic heterocycles. The molecule has 1 aromatic carbocycles. The molecule has 0 spiro atoms.